The van der Waals surface area contributed by atoms with E-state index in [1.807, 2.05) is 0 Å². The Bertz CT molecular complexity index is 819. The molecule has 6 fully saturated rings. The van der Waals surface area contributed by atoms with Crippen molar-refractivity contribution in [3.05, 3.63) is 0 Å². The van der Waals surface area contributed by atoms with Crippen LogP contribution in [0, 0.1) is 46.3 Å². The second-order valence-electron chi connectivity index (χ2n) is 13.4. The van der Waals surface area contributed by atoms with Gasteiger partial charge < -0.3 is 19.3 Å². The lowest BCUT2D eigenvalue weighted by Gasteiger charge is -2.64. The molecular weight excluding hydrogens is 416 g/mol. The summed E-state index contributed by atoms with van der Waals surface area (Å²) in [5, 5.41) is 10.5. The average Bonchev–Trinajstić information content (AvgIpc) is 3.22. The molecule has 4 saturated carbocycles. The molecule has 33 heavy (non-hydrogen) atoms. The molecule has 0 unspecified atom stereocenters. The van der Waals surface area contributed by atoms with E-state index >= 15 is 0 Å². The number of hydrogen-bond acceptors (Lipinski definition) is 5. The number of ketones is 1. The monoisotopic (exact) mass is 460 g/mol. The van der Waals surface area contributed by atoms with Gasteiger partial charge in [0.2, 0.25) is 0 Å². The highest BCUT2D eigenvalue weighted by Gasteiger charge is 2.72. The lowest BCUT2D eigenvalue weighted by molar-refractivity contribution is -0.273. The van der Waals surface area contributed by atoms with Gasteiger partial charge in [0, 0.05) is 37.7 Å². The topological polar surface area (TPSA) is 65.0 Å². The number of carbonyl (C=O) groups is 1. The molecule has 5 nitrogen and oxygen atoms in total. The lowest BCUT2D eigenvalue weighted by Crippen LogP contribution is -2.68. The molecule has 0 bridgehead atoms. The van der Waals surface area contributed by atoms with Gasteiger partial charge in [0.1, 0.15) is 5.60 Å². The summed E-state index contributed by atoms with van der Waals surface area (Å²) in [6.45, 7) is 10.3. The van der Waals surface area contributed by atoms with Crippen molar-refractivity contribution >= 4 is 5.78 Å². The Morgan fingerprint density at radius 3 is 2.55 bits per heavy atom. The quantitative estimate of drug-likeness (QED) is 0.612. The molecule has 0 radical (unpaired) electrons. The number of Topliss-reactive ketones (excluding diaryl/α,β-unsaturated/α-hetero) is 1. The Balaban J connectivity index is 1.31. The minimum Gasteiger partial charge on any atom is -0.393 e. The van der Waals surface area contributed by atoms with Gasteiger partial charge in [0.25, 0.3) is 0 Å². The van der Waals surface area contributed by atoms with Gasteiger partial charge in [-0.25, -0.2) is 0 Å². The molecule has 0 amide bonds. The normalized spacial score (nSPS) is 60.2. The van der Waals surface area contributed by atoms with Crippen LogP contribution in [-0.2, 0) is 19.0 Å². The van der Waals surface area contributed by atoms with Crippen LogP contribution in [0.5, 0.6) is 0 Å². The van der Waals surface area contributed by atoms with E-state index in [1.165, 1.54) is 12.8 Å². The first kappa shape index (κ1) is 22.9. The Labute approximate surface area is 199 Å². The fraction of sp³-hybridized carbons (Fsp3) is 0.964. The van der Waals surface area contributed by atoms with Crippen LogP contribution >= 0.6 is 0 Å². The van der Waals surface area contributed by atoms with E-state index in [0.717, 1.165) is 38.7 Å². The first-order valence-electron chi connectivity index (χ1n) is 13.7. The molecule has 4 aliphatic carbocycles. The van der Waals surface area contributed by atoms with Crippen LogP contribution in [0.25, 0.3) is 0 Å². The summed E-state index contributed by atoms with van der Waals surface area (Å²) in [6.07, 6.45) is 8.19. The maximum atomic E-state index is 13.8. The average molecular weight is 461 g/mol. The number of carbonyl (C=O) groups excluding carboxylic acids is 1. The van der Waals surface area contributed by atoms with Gasteiger partial charge in [0.15, 0.2) is 11.6 Å². The molecule has 186 valence electrons. The van der Waals surface area contributed by atoms with Gasteiger partial charge in [-0.2, -0.15) is 0 Å². The van der Waals surface area contributed by atoms with E-state index in [2.05, 4.69) is 27.7 Å². The first-order valence-corrected chi connectivity index (χ1v) is 13.7. The Morgan fingerprint density at radius 1 is 1.06 bits per heavy atom. The fourth-order valence-corrected chi connectivity index (χ4v) is 10.4. The van der Waals surface area contributed by atoms with E-state index in [0.29, 0.717) is 48.3 Å². The minimum absolute atomic E-state index is 0.184. The molecule has 2 aliphatic heterocycles. The van der Waals surface area contributed by atoms with Crippen molar-refractivity contribution in [2.75, 3.05) is 13.7 Å². The molecule has 0 aromatic carbocycles. The summed E-state index contributed by atoms with van der Waals surface area (Å²) in [6, 6.07) is 0. The van der Waals surface area contributed by atoms with Gasteiger partial charge in [0.05, 0.1) is 18.8 Å². The number of ether oxygens (including phenoxy) is 3. The number of fused-ring (bicyclic) bond motifs is 7. The zero-order valence-electron chi connectivity index (χ0n) is 21.3. The molecule has 6 rings (SSSR count). The Morgan fingerprint density at radius 2 is 1.85 bits per heavy atom. The highest BCUT2D eigenvalue weighted by atomic mass is 16.7. The summed E-state index contributed by atoms with van der Waals surface area (Å²) in [5.74, 6) is 2.81. The summed E-state index contributed by atoms with van der Waals surface area (Å²) in [4.78, 5) is 13.8. The molecule has 1 N–H and O–H groups in total. The van der Waals surface area contributed by atoms with Gasteiger partial charge >= 0.3 is 0 Å². The number of hydrogen-bond donors (Lipinski definition) is 1. The lowest BCUT2D eigenvalue weighted by atomic mass is 9.42. The van der Waals surface area contributed by atoms with E-state index in [-0.39, 0.29) is 28.5 Å². The standard InChI is InChI=1S/C28H44O5/c1-16-6-11-28(32-15-16)17(2)24-22(33-28)13-21-19-12-23(30)27(31-5)14-18(29)7-10-26(27,4)20(19)8-9-25(21,24)3/h16-22,24,29H,6-15H2,1-5H3/t16-,17+,18+,19-,20+,21+,22+,24+,25+,26-,27+,28-/m1/s1. The third-order valence-corrected chi connectivity index (χ3v) is 12.2. The Kier molecular flexibility index (Phi) is 5.06. The summed E-state index contributed by atoms with van der Waals surface area (Å²) in [7, 11) is 1.70. The van der Waals surface area contributed by atoms with Crippen LogP contribution < -0.4 is 0 Å². The SMILES string of the molecule is CO[C@]12C[C@@H](O)CC[C@]1(C)[C@H]1CC[C@]3(C)[C@@H]4[C@H](C[C@H]3[C@@H]1CC2=O)O[C@]1(CC[C@@H](C)CO1)[C@H]4C. The third kappa shape index (κ3) is 2.77. The van der Waals surface area contributed by atoms with Crippen LogP contribution in [0.2, 0.25) is 0 Å². The Hall–Kier alpha value is -0.490. The van der Waals surface area contributed by atoms with Crippen molar-refractivity contribution in [1.29, 1.82) is 0 Å². The van der Waals surface area contributed by atoms with Crippen LogP contribution in [0.4, 0.5) is 0 Å². The molecule has 2 saturated heterocycles. The van der Waals surface area contributed by atoms with Crippen molar-refractivity contribution in [3.63, 3.8) is 0 Å². The van der Waals surface area contributed by atoms with Crippen LogP contribution in [-0.4, -0.2) is 48.2 Å². The van der Waals surface area contributed by atoms with Gasteiger partial charge in [-0.3, -0.25) is 4.79 Å². The van der Waals surface area contributed by atoms with Crippen molar-refractivity contribution in [2.45, 2.75) is 109 Å². The van der Waals surface area contributed by atoms with Crippen molar-refractivity contribution < 1.29 is 24.1 Å². The predicted octanol–water partition coefficient (Wildman–Crippen LogP) is 4.74. The molecular formula is C28H44O5. The molecule has 0 aromatic rings. The number of rotatable bonds is 1. The second kappa shape index (κ2) is 7.27. The van der Waals surface area contributed by atoms with Gasteiger partial charge in [-0.05, 0) is 73.5 Å². The minimum atomic E-state index is -0.811. The molecule has 6 aliphatic rings. The molecule has 1 spiro atoms. The number of methoxy groups -OCH3 is 1. The number of aliphatic hydroxyl groups is 1. The van der Waals surface area contributed by atoms with E-state index < -0.39 is 11.7 Å². The summed E-state index contributed by atoms with van der Waals surface area (Å²) >= 11 is 0. The number of aliphatic hydroxyl groups excluding tert-OH is 1. The largest absolute Gasteiger partial charge is 0.393 e. The highest BCUT2D eigenvalue weighted by molar-refractivity contribution is 5.90. The maximum absolute atomic E-state index is 13.8. The maximum Gasteiger partial charge on any atom is 0.171 e. The van der Waals surface area contributed by atoms with Crippen LogP contribution in [0.3, 0.4) is 0 Å². The zero-order chi connectivity index (χ0) is 23.4. The zero-order valence-corrected chi connectivity index (χ0v) is 21.3. The van der Waals surface area contributed by atoms with E-state index in [9.17, 15) is 9.90 Å². The van der Waals surface area contributed by atoms with Crippen molar-refractivity contribution in [1.82, 2.24) is 0 Å². The predicted molar refractivity (Wildman–Crippen MR) is 124 cm³/mol. The van der Waals surface area contributed by atoms with E-state index in [1.54, 1.807) is 7.11 Å². The molecule has 0 aromatic heterocycles. The van der Waals surface area contributed by atoms with Crippen molar-refractivity contribution in [2.24, 2.45) is 46.3 Å². The van der Waals surface area contributed by atoms with Crippen LogP contribution in [0.1, 0.15) is 85.5 Å². The second-order valence-corrected chi connectivity index (χ2v) is 13.4. The fourth-order valence-electron chi connectivity index (χ4n) is 10.4. The molecule has 2 heterocycles. The smallest absolute Gasteiger partial charge is 0.171 e. The highest BCUT2D eigenvalue weighted by Crippen LogP contribution is 2.71. The third-order valence-electron chi connectivity index (χ3n) is 12.2. The molecule has 12 atom stereocenters. The molecule has 5 heteroatoms. The van der Waals surface area contributed by atoms with Crippen molar-refractivity contribution in [3.8, 4) is 0 Å². The first-order chi connectivity index (χ1) is 15.6. The summed E-state index contributed by atoms with van der Waals surface area (Å²) < 4.78 is 19.4. The van der Waals surface area contributed by atoms with Gasteiger partial charge in [-0.1, -0.05) is 27.7 Å². The van der Waals surface area contributed by atoms with Gasteiger partial charge in [-0.15, -0.1) is 0 Å². The van der Waals surface area contributed by atoms with E-state index in [4.69, 9.17) is 14.2 Å². The summed E-state index contributed by atoms with van der Waals surface area (Å²) in [5.41, 5.74) is -0.788. The van der Waals surface area contributed by atoms with Crippen LogP contribution in [0.15, 0.2) is 0 Å².